The number of aromatic nitrogens is 2. The maximum absolute atomic E-state index is 12.1. The van der Waals surface area contributed by atoms with E-state index in [1.807, 2.05) is 0 Å². The Morgan fingerprint density at radius 3 is 2.86 bits per heavy atom. The molecule has 1 fully saturated rings. The van der Waals surface area contributed by atoms with Crippen LogP contribution in [0.15, 0.2) is 27.3 Å². The number of nitrogens with zero attached hydrogens (tertiary/aromatic N) is 2. The number of rotatable bonds is 3. The van der Waals surface area contributed by atoms with Crippen molar-refractivity contribution in [1.29, 1.82) is 0 Å². The van der Waals surface area contributed by atoms with Crippen LogP contribution >= 0.6 is 15.9 Å². The standard InChI is InChI=1S/C13H14BrN3O4S/c1-8-6-12(15-13(18)10-2-3-11(14)21-10)17(16-8)9-4-5-22(19,20)7-9/h2-3,6,9H,4-5,7H2,1H3,(H,15,18). The van der Waals surface area contributed by atoms with Gasteiger partial charge < -0.3 is 9.73 Å². The van der Waals surface area contributed by atoms with Gasteiger partial charge in [0.05, 0.1) is 23.2 Å². The van der Waals surface area contributed by atoms with Crippen LogP contribution < -0.4 is 5.32 Å². The quantitative estimate of drug-likeness (QED) is 0.870. The zero-order valence-corrected chi connectivity index (χ0v) is 14.1. The predicted octanol–water partition coefficient (Wildman–Crippen LogP) is 2.16. The van der Waals surface area contributed by atoms with Crippen LogP contribution in [0.1, 0.15) is 28.7 Å². The summed E-state index contributed by atoms with van der Waals surface area (Å²) in [5.41, 5.74) is 0.709. The Kier molecular flexibility index (Phi) is 3.85. The van der Waals surface area contributed by atoms with E-state index in [9.17, 15) is 13.2 Å². The molecule has 0 bridgehead atoms. The minimum atomic E-state index is -3.03. The highest BCUT2D eigenvalue weighted by atomic mass is 79.9. The van der Waals surface area contributed by atoms with Gasteiger partial charge in [-0.15, -0.1) is 0 Å². The van der Waals surface area contributed by atoms with Crippen molar-refractivity contribution in [2.24, 2.45) is 0 Å². The number of hydrogen-bond acceptors (Lipinski definition) is 5. The molecule has 1 atom stereocenters. The van der Waals surface area contributed by atoms with Crippen molar-refractivity contribution in [3.63, 3.8) is 0 Å². The Bertz CT molecular complexity index is 824. The van der Waals surface area contributed by atoms with Crippen LogP contribution in [-0.4, -0.2) is 35.6 Å². The molecule has 0 aliphatic carbocycles. The summed E-state index contributed by atoms with van der Waals surface area (Å²) in [6.45, 7) is 1.79. The van der Waals surface area contributed by atoms with Gasteiger partial charge in [0, 0.05) is 6.07 Å². The lowest BCUT2D eigenvalue weighted by molar-refractivity contribution is 0.0994. The third-order valence-corrected chi connectivity index (χ3v) is 5.63. The maximum Gasteiger partial charge on any atom is 0.292 e. The van der Waals surface area contributed by atoms with Gasteiger partial charge in [0.15, 0.2) is 20.3 Å². The Hall–Kier alpha value is -1.61. The molecule has 7 nitrogen and oxygen atoms in total. The minimum absolute atomic E-state index is 0.0449. The molecule has 0 saturated carbocycles. The van der Waals surface area contributed by atoms with E-state index in [1.54, 1.807) is 29.8 Å². The summed E-state index contributed by atoms with van der Waals surface area (Å²) < 4.78 is 30.5. The number of aryl methyl sites for hydroxylation is 1. The van der Waals surface area contributed by atoms with E-state index in [2.05, 4.69) is 26.3 Å². The Morgan fingerprint density at radius 2 is 2.27 bits per heavy atom. The summed E-state index contributed by atoms with van der Waals surface area (Å²) in [4.78, 5) is 12.1. The number of furan rings is 1. The van der Waals surface area contributed by atoms with Gasteiger partial charge in [-0.1, -0.05) is 0 Å². The first-order valence-corrected chi connectivity index (χ1v) is 9.29. The molecule has 2 aromatic rings. The van der Waals surface area contributed by atoms with E-state index >= 15 is 0 Å². The largest absolute Gasteiger partial charge is 0.444 e. The van der Waals surface area contributed by atoms with Crippen molar-refractivity contribution in [1.82, 2.24) is 9.78 Å². The fourth-order valence-corrected chi connectivity index (χ4v) is 4.47. The summed E-state index contributed by atoms with van der Waals surface area (Å²) in [6.07, 6.45) is 0.499. The molecule has 1 aliphatic heterocycles. The SMILES string of the molecule is Cc1cc(NC(=O)c2ccc(Br)o2)n(C2CCS(=O)(=O)C2)n1. The van der Waals surface area contributed by atoms with E-state index < -0.39 is 15.7 Å². The van der Waals surface area contributed by atoms with E-state index in [0.717, 1.165) is 0 Å². The van der Waals surface area contributed by atoms with Crippen LogP contribution in [0.5, 0.6) is 0 Å². The molecule has 3 rings (SSSR count). The fraction of sp³-hybridized carbons (Fsp3) is 0.385. The van der Waals surface area contributed by atoms with Crippen molar-refractivity contribution in [3.8, 4) is 0 Å². The van der Waals surface area contributed by atoms with Crippen LogP contribution in [-0.2, 0) is 9.84 Å². The number of nitrogens with one attached hydrogen (secondary N) is 1. The van der Waals surface area contributed by atoms with E-state index in [1.165, 1.54) is 0 Å². The van der Waals surface area contributed by atoms with Crippen LogP contribution in [0, 0.1) is 6.92 Å². The fourth-order valence-electron chi connectivity index (χ4n) is 2.47. The van der Waals surface area contributed by atoms with E-state index in [4.69, 9.17) is 4.42 Å². The van der Waals surface area contributed by atoms with Crippen LogP contribution in [0.2, 0.25) is 0 Å². The lowest BCUT2D eigenvalue weighted by Gasteiger charge is -2.13. The second-order valence-electron chi connectivity index (χ2n) is 5.23. The van der Waals surface area contributed by atoms with Gasteiger partial charge >= 0.3 is 0 Å². The highest BCUT2D eigenvalue weighted by Gasteiger charge is 2.31. The maximum atomic E-state index is 12.1. The van der Waals surface area contributed by atoms with Gasteiger partial charge in [-0.2, -0.15) is 5.10 Å². The Labute approximate surface area is 135 Å². The molecular weight excluding hydrogens is 374 g/mol. The second kappa shape index (κ2) is 5.54. The summed E-state index contributed by atoms with van der Waals surface area (Å²) in [5, 5.41) is 7.03. The molecular formula is C13H14BrN3O4S. The second-order valence-corrected chi connectivity index (χ2v) is 8.24. The van der Waals surface area contributed by atoms with E-state index in [-0.39, 0.29) is 23.3 Å². The molecule has 1 amide bonds. The van der Waals surface area contributed by atoms with Crippen molar-refractivity contribution >= 4 is 37.5 Å². The molecule has 0 spiro atoms. The highest BCUT2D eigenvalue weighted by molar-refractivity contribution is 9.10. The monoisotopic (exact) mass is 387 g/mol. The average Bonchev–Trinajstić information content (AvgIpc) is 3.09. The van der Waals surface area contributed by atoms with Gasteiger partial charge in [-0.25, -0.2) is 13.1 Å². The zero-order chi connectivity index (χ0) is 15.9. The average molecular weight is 388 g/mol. The summed E-state index contributed by atoms with van der Waals surface area (Å²) >= 11 is 3.14. The minimum Gasteiger partial charge on any atom is -0.444 e. The highest BCUT2D eigenvalue weighted by Crippen LogP contribution is 2.27. The third kappa shape index (κ3) is 3.09. The zero-order valence-electron chi connectivity index (χ0n) is 11.7. The molecule has 1 N–H and O–H groups in total. The molecule has 22 heavy (non-hydrogen) atoms. The number of carbonyl (C=O) groups is 1. The summed E-state index contributed by atoms with van der Waals surface area (Å²) in [6, 6.07) is 4.63. The number of hydrogen-bond donors (Lipinski definition) is 1. The number of halogens is 1. The molecule has 1 aliphatic rings. The molecule has 0 radical (unpaired) electrons. The number of sulfone groups is 1. The van der Waals surface area contributed by atoms with Gasteiger partial charge in [-0.05, 0) is 41.4 Å². The molecule has 0 aromatic carbocycles. The van der Waals surface area contributed by atoms with Gasteiger partial charge in [0.25, 0.3) is 5.91 Å². The topological polar surface area (TPSA) is 94.2 Å². The first-order valence-electron chi connectivity index (χ1n) is 6.67. The molecule has 2 aromatic heterocycles. The lowest BCUT2D eigenvalue weighted by Crippen LogP contribution is -2.19. The van der Waals surface area contributed by atoms with Crippen molar-refractivity contribution < 1.29 is 17.6 Å². The molecule has 118 valence electrons. The Balaban J connectivity index is 1.84. The lowest BCUT2D eigenvalue weighted by atomic mass is 10.3. The van der Waals surface area contributed by atoms with Gasteiger partial charge in [-0.3, -0.25) is 4.79 Å². The van der Waals surface area contributed by atoms with E-state index in [0.29, 0.717) is 22.6 Å². The van der Waals surface area contributed by atoms with Crippen LogP contribution in [0.25, 0.3) is 0 Å². The van der Waals surface area contributed by atoms with Crippen LogP contribution in [0.3, 0.4) is 0 Å². The number of anilines is 1. The van der Waals surface area contributed by atoms with Crippen LogP contribution in [0.4, 0.5) is 5.82 Å². The number of carbonyl (C=O) groups excluding carboxylic acids is 1. The normalized spacial score (nSPS) is 20.2. The first kappa shape index (κ1) is 15.3. The smallest absolute Gasteiger partial charge is 0.292 e. The van der Waals surface area contributed by atoms with Gasteiger partial charge in [0.1, 0.15) is 5.82 Å². The summed E-state index contributed by atoms with van der Waals surface area (Å²) in [5.74, 6) is 0.416. The molecule has 1 unspecified atom stereocenters. The van der Waals surface area contributed by atoms with Gasteiger partial charge in [0.2, 0.25) is 0 Å². The molecule has 1 saturated heterocycles. The Morgan fingerprint density at radius 1 is 1.50 bits per heavy atom. The van der Waals surface area contributed by atoms with Crippen molar-refractivity contribution in [3.05, 3.63) is 34.3 Å². The summed E-state index contributed by atoms with van der Waals surface area (Å²) in [7, 11) is -3.03. The number of amides is 1. The van der Waals surface area contributed by atoms with Crippen molar-refractivity contribution in [2.45, 2.75) is 19.4 Å². The van der Waals surface area contributed by atoms with Crippen molar-refractivity contribution in [2.75, 3.05) is 16.8 Å². The first-order chi connectivity index (χ1) is 10.3. The third-order valence-electron chi connectivity index (χ3n) is 3.45. The molecule has 3 heterocycles. The predicted molar refractivity (Wildman–Crippen MR) is 83.6 cm³/mol. The molecule has 9 heteroatoms.